The van der Waals surface area contributed by atoms with E-state index in [0.29, 0.717) is 0 Å². The summed E-state index contributed by atoms with van der Waals surface area (Å²) in [6, 6.07) is 20.0. The summed E-state index contributed by atoms with van der Waals surface area (Å²) in [4.78, 5) is 11.9. The highest BCUT2D eigenvalue weighted by Crippen LogP contribution is 2.30. The van der Waals surface area contributed by atoms with E-state index in [9.17, 15) is 0 Å². The van der Waals surface area contributed by atoms with Gasteiger partial charge in [-0.2, -0.15) is 0 Å². The van der Waals surface area contributed by atoms with Crippen LogP contribution in [0.15, 0.2) is 60.7 Å². The topological polar surface area (TPSA) is 50.3 Å². The van der Waals surface area contributed by atoms with Crippen LogP contribution < -0.4 is 15.0 Å². The predicted octanol–water partition coefficient (Wildman–Crippen LogP) is 4.50. The quantitative estimate of drug-likeness (QED) is 0.737. The fraction of sp³-hybridized carbons (Fsp3) is 0.238. The van der Waals surface area contributed by atoms with Crippen molar-refractivity contribution in [2.24, 2.45) is 0 Å². The molecule has 3 aromatic rings. The van der Waals surface area contributed by atoms with Gasteiger partial charge in [0, 0.05) is 24.7 Å². The smallest absolute Gasteiger partial charge is 0.163 e. The van der Waals surface area contributed by atoms with E-state index >= 15 is 0 Å². The van der Waals surface area contributed by atoms with Gasteiger partial charge < -0.3 is 15.0 Å². The molecular formula is C21H22N4O. The van der Waals surface area contributed by atoms with Gasteiger partial charge in [-0.1, -0.05) is 42.5 Å². The molecular weight excluding hydrogens is 324 g/mol. The Labute approximate surface area is 153 Å². The zero-order valence-corrected chi connectivity index (χ0v) is 14.9. The van der Waals surface area contributed by atoms with E-state index in [1.165, 1.54) is 12.8 Å². The van der Waals surface area contributed by atoms with Crippen LogP contribution in [0, 0.1) is 0 Å². The molecule has 0 aliphatic carbocycles. The Balaban J connectivity index is 1.74. The Morgan fingerprint density at radius 3 is 2.42 bits per heavy atom. The lowest BCUT2D eigenvalue weighted by Crippen LogP contribution is -2.19. The summed E-state index contributed by atoms with van der Waals surface area (Å²) in [7, 11) is 1.67. The molecule has 0 amide bonds. The minimum atomic E-state index is 0.729. The summed E-state index contributed by atoms with van der Waals surface area (Å²) < 4.78 is 5.45. The molecule has 1 aliphatic heterocycles. The van der Waals surface area contributed by atoms with E-state index in [0.717, 1.165) is 47.5 Å². The molecule has 5 nitrogen and oxygen atoms in total. The van der Waals surface area contributed by atoms with Crippen molar-refractivity contribution in [3.63, 3.8) is 0 Å². The van der Waals surface area contributed by atoms with Crippen LogP contribution >= 0.6 is 0 Å². The summed E-state index contributed by atoms with van der Waals surface area (Å²) in [6.07, 6.45) is 2.42. The van der Waals surface area contributed by atoms with Crippen LogP contribution in [0.2, 0.25) is 0 Å². The number of nitrogens with one attached hydrogen (secondary N) is 1. The van der Waals surface area contributed by atoms with Crippen molar-refractivity contribution in [2.45, 2.75) is 12.8 Å². The highest BCUT2D eigenvalue weighted by Gasteiger charge is 2.17. The Bertz CT molecular complexity index is 876. The number of hydrogen-bond donors (Lipinski definition) is 1. The molecule has 0 saturated carbocycles. The Morgan fingerprint density at radius 2 is 1.65 bits per heavy atom. The second-order valence-corrected chi connectivity index (χ2v) is 6.32. The van der Waals surface area contributed by atoms with Gasteiger partial charge in [0.1, 0.15) is 17.4 Å². The molecule has 1 N–H and O–H groups in total. The van der Waals surface area contributed by atoms with Crippen molar-refractivity contribution in [1.29, 1.82) is 0 Å². The summed E-state index contributed by atoms with van der Waals surface area (Å²) in [5.41, 5.74) is 1.90. The summed E-state index contributed by atoms with van der Waals surface area (Å²) >= 11 is 0. The minimum Gasteiger partial charge on any atom is -0.495 e. The largest absolute Gasteiger partial charge is 0.495 e. The molecule has 0 unspecified atom stereocenters. The van der Waals surface area contributed by atoms with E-state index in [4.69, 9.17) is 14.7 Å². The van der Waals surface area contributed by atoms with Gasteiger partial charge in [-0.15, -0.1) is 0 Å². The number of nitrogens with zero attached hydrogens (tertiary/aromatic N) is 3. The number of anilines is 3. The fourth-order valence-corrected chi connectivity index (χ4v) is 3.21. The molecule has 2 heterocycles. The van der Waals surface area contributed by atoms with Crippen LogP contribution in [0.3, 0.4) is 0 Å². The van der Waals surface area contributed by atoms with E-state index in [-0.39, 0.29) is 0 Å². The molecule has 1 saturated heterocycles. The summed E-state index contributed by atoms with van der Waals surface area (Å²) in [6.45, 7) is 2.08. The summed E-state index contributed by atoms with van der Waals surface area (Å²) in [5, 5.41) is 3.39. The molecule has 0 bridgehead atoms. The average Bonchev–Trinajstić information content (AvgIpc) is 3.24. The first kappa shape index (κ1) is 16.4. The number of hydrogen-bond acceptors (Lipinski definition) is 5. The van der Waals surface area contributed by atoms with Gasteiger partial charge in [0.05, 0.1) is 12.8 Å². The highest BCUT2D eigenvalue weighted by atomic mass is 16.5. The number of rotatable bonds is 5. The van der Waals surface area contributed by atoms with Crippen molar-refractivity contribution in [3.8, 4) is 17.1 Å². The van der Waals surface area contributed by atoms with Crippen LogP contribution in [0.5, 0.6) is 5.75 Å². The van der Waals surface area contributed by atoms with Crippen molar-refractivity contribution < 1.29 is 4.74 Å². The number of benzene rings is 2. The first-order valence-corrected chi connectivity index (χ1v) is 8.93. The molecule has 2 aromatic carbocycles. The van der Waals surface area contributed by atoms with Crippen molar-refractivity contribution in [3.05, 3.63) is 60.7 Å². The van der Waals surface area contributed by atoms with Gasteiger partial charge in [-0.3, -0.25) is 0 Å². The van der Waals surface area contributed by atoms with Crippen molar-refractivity contribution >= 4 is 17.3 Å². The lowest BCUT2D eigenvalue weighted by Gasteiger charge is -2.19. The highest BCUT2D eigenvalue weighted by molar-refractivity contribution is 5.68. The van der Waals surface area contributed by atoms with Crippen LogP contribution in [-0.4, -0.2) is 30.2 Å². The normalized spacial score (nSPS) is 13.7. The molecule has 26 heavy (non-hydrogen) atoms. The third kappa shape index (κ3) is 3.47. The molecule has 5 heteroatoms. The van der Waals surface area contributed by atoms with Crippen molar-refractivity contribution in [1.82, 2.24) is 9.97 Å². The third-order valence-corrected chi connectivity index (χ3v) is 4.54. The van der Waals surface area contributed by atoms with Gasteiger partial charge in [0.25, 0.3) is 0 Å². The zero-order chi connectivity index (χ0) is 17.8. The van der Waals surface area contributed by atoms with Gasteiger partial charge >= 0.3 is 0 Å². The van der Waals surface area contributed by atoms with Crippen LogP contribution in [-0.2, 0) is 0 Å². The Kier molecular flexibility index (Phi) is 4.69. The van der Waals surface area contributed by atoms with E-state index in [1.807, 2.05) is 60.7 Å². The minimum absolute atomic E-state index is 0.729. The molecule has 0 atom stereocenters. The predicted molar refractivity (Wildman–Crippen MR) is 105 cm³/mol. The standard InChI is InChI=1S/C21H22N4O/c1-26-18-12-6-5-11-17(18)22-19-15-20(25-13-7-8-14-25)24-21(23-19)16-9-3-2-4-10-16/h2-6,9-12,15H,7-8,13-14H2,1H3,(H,22,23,24). The number of aromatic nitrogens is 2. The van der Waals surface area contributed by atoms with Crippen LogP contribution in [0.1, 0.15) is 12.8 Å². The second kappa shape index (κ2) is 7.44. The first-order chi connectivity index (χ1) is 12.8. The third-order valence-electron chi connectivity index (χ3n) is 4.54. The van der Waals surface area contributed by atoms with Crippen LogP contribution in [0.25, 0.3) is 11.4 Å². The van der Waals surface area contributed by atoms with Crippen molar-refractivity contribution in [2.75, 3.05) is 30.4 Å². The number of ether oxygens (including phenoxy) is 1. The second-order valence-electron chi connectivity index (χ2n) is 6.32. The monoisotopic (exact) mass is 346 g/mol. The van der Waals surface area contributed by atoms with E-state index in [2.05, 4.69) is 10.2 Å². The average molecular weight is 346 g/mol. The number of para-hydroxylation sites is 2. The molecule has 1 aliphatic rings. The van der Waals surface area contributed by atoms with E-state index in [1.54, 1.807) is 7.11 Å². The molecule has 4 rings (SSSR count). The maximum absolute atomic E-state index is 5.45. The van der Waals surface area contributed by atoms with Crippen LogP contribution in [0.4, 0.5) is 17.3 Å². The molecule has 0 spiro atoms. The lowest BCUT2D eigenvalue weighted by atomic mass is 10.2. The lowest BCUT2D eigenvalue weighted by molar-refractivity contribution is 0.417. The summed E-state index contributed by atoms with van der Waals surface area (Å²) in [5.74, 6) is 3.25. The maximum Gasteiger partial charge on any atom is 0.163 e. The molecule has 0 radical (unpaired) electrons. The van der Waals surface area contributed by atoms with Gasteiger partial charge in [-0.25, -0.2) is 9.97 Å². The molecule has 132 valence electrons. The number of methoxy groups -OCH3 is 1. The zero-order valence-electron chi connectivity index (χ0n) is 14.9. The van der Waals surface area contributed by atoms with Gasteiger partial charge in [0.15, 0.2) is 5.82 Å². The van der Waals surface area contributed by atoms with Gasteiger partial charge in [-0.05, 0) is 25.0 Å². The fourth-order valence-electron chi connectivity index (χ4n) is 3.21. The van der Waals surface area contributed by atoms with E-state index < -0.39 is 0 Å². The first-order valence-electron chi connectivity index (χ1n) is 8.93. The SMILES string of the molecule is COc1ccccc1Nc1cc(N2CCCC2)nc(-c2ccccc2)n1. The Morgan fingerprint density at radius 1 is 0.923 bits per heavy atom. The molecule has 1 aromatic heterocycles. The Hall–Kier alpha value is -3.08. The van der Waals surface area contributed by atoms with Gasteiger partial charge in [0.2, 0.25) is 0 Å². The molecule has 1 fully saturated rings. The maximum atomic E-state index is 5.45.